The fourth-order valence-corrected chi connectivity index (χ4v) is 0.757. The molecule has 0 atom stereocenters. The van der Waals surface area contributed by atoms with Gasteiger partial charge >= 0.3 is 0 Å². The Kier molecular flexibility index (Phi) is 1.73. The van der Waals surface area contributed by atoms with E-state index in [0.29, 0.717) is 5.56 Å². The normalized spacial score (nSPS) is 9.18. The molecule has 4 nitrogen and oxygen atoms in total. The fourth-order valence-electron chi connectivity index (χ4n) is 0.757. The second kappa shape index (κ2) is 2.54. The molecule has 0 spiro atoms. The molecule has 11 heavy (non-hydrogen) atoms. The summed E-state index contributed by atoms with van der Waals surface area (Å²) < 4.78 is 1.14. The quantitative estimate of drug-likeness (QED) is 0.520. The summed E-state index contributed by atoms with van der Waals surface area (Å²) in [4.78, 5) is 11.1. The molecule has 0 saturated carbocycles. The Morgan fingerprint density at radius 3 is 2.82 bits per heavy atom. The van der Waals surface area contributed by atoms with Crippen molar-refractivity contribution >= 4 is 0 Å². The minimum absolute atomic E-state index is 0.169. The summed E-state index contributed by atoms with van der Waals surface area (Å²) >= 11 is 0. The van der Waals surface area contributed by atoms with Gasteiger partial charge in [-0.05, 0) is 12.5 Å². The topological polar surface area (TPSA) is 58.7 Å². The van der Waals surface area contributed by atoms with Crippen molar-refractivity contribution in [1.82, 2.24) is 9.78 Å². The molecule has 0 N–H and O–H groups in total. The number of aromatic nitrogens is 2. The molecule has 0 amide bonds. The van der Waals surface area contributed by atoms with Crippen molar-refractivity contribution in [3.05, 3.63) is 27.7 Å². The van der Waals surface area contributed by atoms with Crippen molar-refractivity contribution in [3.63, 3.8) is 0 Å². The van der Waals surface area contributed by atoms with Crippen molar-refractivity contribution < 1.29 is 0 Å². The van der Waals surface area contributed by atoms with Gasteiger partial charge in [0, 0.05) is 7.05 Å². The highest BCUT2D eigenvalue weighted by molar-refractivity contribution is 5.31. The molecule has 0 saturated heterocycles. The maximum absolute atomic E-state index is 11.1. The summed E-state index contributed by atoms with van der Waals surface area (Å²) in [7, 11) is 1.52. The largest absolute Gasteiger partial charge is 0.284 e. The van der Waals surface area contributed by atoms with E-state index in [1.54, 1.807) is 6.92 Å². The van der Waals surface area contributed by atoms with Gasteiger partial charge in [-0.15, -0.1) is 0 Å². The van der Waals surface area contributed by atoms with Crippen LogP contribution in [0.1, 0.15) is 11.1 Å². The molecule has 1 heterocycles. The van der Waals surface area contributed by atoms with Crippen LogP contribution in [0.25, 0.3) is 0 Å². The highest BCUT2D eigenvalue weighted by atomic mass is 16.1. The van der Waals surface area contributed by atoms with E-state index in [1.165, 1.54) is 13.2 Å². The number of nitrogens with zero attached hydrogens (tertiary/aromatic N) is 3. The van der Waals surface area contributed by atoms with Gasteiger partial charge in [0.1, 0.15) is 11.6 Å². The van der Waals surface area contributed by atoms with Crippen molar-refractivity contribution in [1.29, 1.82) is 5.26 Å². The fraction of sp³-hybridized carbons (Fsp3) is 0.286. The summed E-state index contributed by atoms with van der Waals surface area (Å²) in [5.41, 5.74) is 0.450. The van der Waals surface area contributed by atoms with Crippen LogP contribution >= 0.6 is 0 Å². The minimum atomic E-state index is -0.340. The summed E-state index contributed by atoms with van der Waals surface area (Å²) in [6, 6.07) is 1.83. The van der Waals surface area contributed by atoms with Gasteiger partial charge in [-0.2, -0.15) is 10.4 Å². The summed E-state index contributed by atoms with van der Waals surface area (Å²) in [6.07, 6.45) is 1.50. The Bertz CT molecular complexity index is 372. The number of hydrogen-bond donors (Lipinski definition) is 0. The molecule has 1 rings (SSSR count). The Hall–Kier alpha value is -1.63. The first-order valence-electron chi connectivity index (χ1n) is 3.10. The molecule has 0 radical (unpaired) electrons. The molecule has 1 aromatic heterocycles. The zero-order chi connectivity index (χ0) is 8.43. The summed E-state index contributed by atoms with van der Waals surface area (Å²) in [5, 5.41) is 12.3. The third kappa shape index (κ3) is 1.13. The van der Waals surface area contributed by atoms with Crippen LogP contribution < -0.4 is 5.56 Å². The molecule has 0 bridgehead atoms. The summed E-state index contributed by atoms with van der Waals surface area (Å²) in [6.45, 7) is 1.69. The third-order valence-electron chi connectivity index (χ3n) is 1.44. The maximum atomic E-state index is 11.1. The predicted molar refractivity (Wildman–Crippen MR) is 38.9 cm³/mol. The Balaban J connectivity index is 3.58. The molecule has 1 aromatic rings. The van der Waals surface area contributed by atoms with Crippen molar-refractivity contribution in [2.45, 2.75) is 6.92 Å². The van der Waals surface area contributed by atoms with Crippen molar-refractivity contribution in [2.75, 3.05) is 0 Å². The van der Waals surface area contributed by atoms with Gasteiger partial charge in [0.25, 0.3) is 5.56 Å². The van der Waals surface area contributed by atoms with E-state index in [0.717, 1.165) is 4.68 Å². The molecule has 0 fully saturated rings. The van der Waals surface area contributed by atoms with Crippen LogP contribution in [-0.4, -0.2) is 9.78 Å². The van der Waals surface area contributed by atoms with Crippen LogP contribution in [0.3, 0.4) is 0 Å². The zero-order valence-electron chi connectivity index (χ0n) is 6.33. The number of aryl methyl sites for hydroxylation is 2. The molecule has 0 aromatic carbocycles. The van der Waals surface area contributed by atoms with Gasteiger partial charge < -0.3 is 0 Å². The molecule has 56 valence electrons. The Morgan fingerprint density at radius 1 is 1.73 bits per heavy atom. The van der Waals surface area contributed by atoms with Crippen molar-refractivity contribution in [2.24, 2.45) is 7.05 Å². The molecule has 0 unspecified atom stereocenters. The average molecular weight is 149 g/mol. The molecular weight excluding hydrogens is 142 g/mol. The lowest BCUT2D eigenvalue weighted by Crippen LogP contribution is -2.22. The van der Waals surface area contributed by atoms with Crippen LogP contribution in [0.4, 0.5) is 0 Å². The van der Waals surface area contributed by atoms with E-state index in [4.69, 9.17) is 5.26 Å². The number of nitriles is 1. The van der Waals surface area contributed by atoms with Gasteiger partial charge in [-0.1, -0.05) is 0 Å². The monoisotopic (exact) mass is 149 g/mol. The molecule has 0 aliphatic carbocycles. The standard InChI is InChI=1S/C7H7N3O/c1-5-4-9-10(2)7(11)6(5)3-8/h4H,1-2H3. The molecule has 0 aliphatic rings. The van der Waals surface area contributed by atoms with Gasteiger partial charge in [-0.3, -0.25) is 4.79 Å². The van der Waals surface area contributed by atoms with Gasteiger partial charge in [-0.25, -0.2) is 4.68 Å². The maximum Gasteiger partial charge on any atom is 0.284 e. The van der Waals surface area contributed by atoms with Gasteiger partial charge in [0.2, 0.25) is 0 Å². The van der Waals surface area contributed by atoms with Gasteiger partial charge in [0.05, 0.1) is 6.20 Å². The first-order valence-corrected chi connectivity index (χ1v) is 3.10. The van der Waals surface area contributed by atoms with E-state index >= 15 is 0 Å². The van der Waals surface area contributed by atoms with Gasteiger partial charge in [0.15, 0.2) is 0 Å². The Morgan fingerprint density at radius 2 is 2.36 bits per heavy atom. The average Bonchev–Trinajstić information content (AvgIpc) is 1.99. The third-order valence-corrected chi connectivity index (χ3v) is 1.44. The lowest BCUT2D eigenvalue weighted by atomic mass is 10.2. The van der Waals surface area contributed by atoms with Crippen molar-refractivity contribution in [3.8, 4) is 6.07 Å². The first-order chi connectivity index (χ1) is 5.16. The van der Waals surface area contributed by atoms with E-state index in [9.17, 15) is 4.79 Å². The van der Waals surface area contributed by atoms with Crippen LogP contribution in [-0.2, 0) is 7.05 Å². The second-order valence-electron chi connectivity index (χ2n) is 2.24. The zero-order valence-corrected chi connectivity index (χ0v) is 6.33. The Labute approximate surface area is 63.7 Å². The first kappa shape index (κ1) is 7.48. The lowest BCUT2D eigenvalue weighted by molar-refractivity contribution is 0.700. The van der Waals surface area contributed by atoms with E-state index in [2.05, 4.69) is 5.10 Å². The highest BCUT2D eigenvalue weighted by Crippen LogP contribution is 1.95. The number of rotatable bonds is 0. The van der Waals surface area contributed by atoms with Crippen LogP contribution in [0.15, 0.2) is 11.0 Å². The minimum Gasteiger partial charge on any atom is -0.266 e. The molecular formula is C7H7N3O. The number of hydrogen-bond acceptors (Lipinski definition) is 3. The van der Waals surface area contributed by atoms with Crippen LogP contribution in [0.5, 0.6) is 0 Å². The lowest BCUT2D eigenvalue weighted by Gasteiger charge is -1.97. The highest BCUT2D eigenvalue weighted by Gasteiger charge is 2.03. The summed E-state index contributed by atoms with van der Waals surface area (Å²) in [5.74, 6) is 0. The SMILES string of the molecule is Cc1cnn(C)c(=O)c1C#N. The van der Waals surface area contributed by atoms with Crippen LogP contribution in [0, 0.1) is 18.3 Å². The van der Waals surface area contributed by atoms with Crippen LogP contribution in [0.2, 0.25) is 0 Å². The predicted octanol–water partition coefficient (Wildman–Crippen LogP) is -0.0396. The molecule has 4 heteroatoms. The van der Waals surface area contributed by atoms with E-state index in [-0.39, 0.29) is 11.1 Å². The second-order valence-corrected chi connectivity index (χ2v) is 2.24. The van der Waals surface area contributed by atoms with E-state index in [1.807, 2.05) is 6.07 Å². The molecule has 0 aliphatic heterocycles. The van der Waals surface area contributed by atoms with E-state index < -0.39 is 0 Å². The smallest absolute Gasteiger partial charge is 0.266 e.